The molecule has 2 aromatic rings. The lowest BCUT2D eigenvalue weighted by Gasteiger charge is -2.09. The molecule has 0 aliphatic carbocycles. The molecule has 0 bridgehead atoms. The van der Waals surface area contributed by atoms with Crippen molar-refractivity contribution < 1.29 is 4.79 Å². The number of aromatic nitrogens is 1. The van der Waals surface area contributed by atoms with E-state index in [0.29, 0.717) is 13.0 Å². The molecule has 5 heteroatoms. The second kappa shape index (κ2) is 7.22. The maximum Gasteiger partial charge on any atom is 0.226 e. The molecular formula is C16H18BrN3O. The van der Waals surface area contributed by atoms with Crippen molar-refractivity contribution in [3.63, 3.8) is 0 Å². The Morgan fingerprint density at radius 2 is 2.05 bits per heavy atom. The Hall–Kier alpha value is -1.88. The van der Waals surface area contributed by atoms with Crippen LogP contribution in [0.4, 0.5) is 11.5 Å². The first-order valence-corrected chi connectivity index (χ1v) is 7.57. The molecule has 0 fully saturated rings. The Morgan fingerprint density at radius 3 is 2.76 bits per heavy atom. The van der Waals surface area contributed by atoms with Crippen LogP contribution in [-0.4, -0.2) is 17.4 Å². The molecule has 21 heavy (non-hydrogen) atoms. The van der Waals surface area contributed by atoms with Crippen LogP contribution in [0.5, 0.6) is 0 Å². The number of hydrogen-bond donors (Lipinski definition) is 2. The molecule has 0 aliphatic heterocycles. The van der Waals surface area contributed by atoms with Gasteiger partial charge < -0.3 is 10.6 Å². The van der Waals surface area contributed by atoms with Crippen molar-refractivity contribution in [3.05, 3.63) is 52.1 Å². The van der Waals surface area contributed by atoms with E-state index in [1.807, 2.05) is 50.2 Å². The van der Waals surface area contributed by atoms with E-state index in [4.69, 9.17) is 0 Å². The molecule has 2 N–H and O–H groups in total. The molecule has 4 nitrogen and oxygen atoms in total. The van der Waals surface area contributed by atoms with Crippen LogP contribution in [0.3, 0.4) is 0 Å². The van der Waals surface area contributed by atoms with E-state index in [2.05, 4.69) is 31.5 Å². The molecule has 0 unspecified atom stereocenters. The van der Waals surface area contributed by atoms with Crippen LogP contribution in [-0.2, 0) is 4.79 Å². The third kappa shape index (κ3) is 4.86. The van der Waals surface area contributed by atoms with Gasteiger partial charge in [0.2, 0.25) is 5.91 Å². The Morgan fingerprint density at radius 1 is 1.24 bits per heavy atom. The van der Waals surface area contributed by atoms with Crippen molar-refractivity contribution in [2.75, 3.05) is 17.2 Å². The fourth-order valence-electron chi connectivity index (χ4n) is 1.93. The zero-order chi connectivity index (χ0) is 15.2. The highest BCUT2D eigenvalue weighted by Crippen LogP contribution is 2.20. The number of halogens is 1. The van der Waals surface area contributed by atoms with Gasteiger partial charge in [0, 0.05) is 28.8 Å². The van der Waals surface area contributed by atoms with Gasteiger partial charge in [0.25, 0.3) is 0 Å². The van der Waals surface area contributed by atoms with E-state index in [1.54, 1.807) is 0 Å². The van der Waals surface area contributed by atoms with Gasteiger partial charge in [-0.25, -0.2) is 4.98 Å². The molecule has 0 saturated heterocycles. The number of anilines is 2. The Bertz CT molecular complexity index is 643. The number of rotatable bonds is 5. The monoisotopic (exact) mass is 347 g/mol. The fourth-order valence-corrected chi connectivity index (χ4v) is 2.40. The van der Waals surface area contributed by atoms with E-state index in [0.717, 1.165) is 27.2 Å². The molecule has 110 valence electrons. The van der Waals surface area contributed by atoms with Gasteiger partial charge >= 0.3 is 0 Å². The van der Waals surface area contributed by atoms with Crippen LogP contribution in [0, 0.1) is 13.8 Å². The maximum absolute atomic E-state index is 11.9. The number of carbonyl (C=O) groups is 1. The third-order valence-electron chi connectivity index (χ3n) is 3.01. The van der Waals surface area contributed by atoms with Crippen LogP contribution in [0.15, 0.2) is 40.9 Å². The zero-order valence-corrected chi connectivity index (χ0v) is 13.7. The highest BCUT2D eigenvalue weighted by molar-refractivity contribution is 9.10. The molecule has 0 atom stereocenters. The lowest BCUT2D eigenvalue weighted by Crippen LogP contribution is -2.17. The predicted octanol–water partition coefficient (Wildman–Crippen LogP) is 3.90. The van der Waals surface area contributed by atoms with Gasteiger partial charge in [0.15, 0.2) is 0 Å². The molecule has 1 aromatic heterocycles. The first kappa shape index (κ1) is 15.5. The molecule has 2 rings (SSSR count). The molecule has 0 spiro atoms. The van der Waals surface area contributed by atoms with Crippen LogP contribution < -0.4 is 10.6 Å². The van der Waals surface area contributed by atoms with Crippen molar-refractivity contribution in [2.24, 2.45) is 0 Å². The summed E-state index contributed by atoms with van der Waals surface area (Å²) in [6.45, 7) is 4.46. The van der Waals surface area contributed by atoms with Gasteiger partial charge in [0.1, 0.15) is 5.82 Å². The van der Waals surface area contributed by atoms with Gasteiger partial charge in [-0.1, -0.05) is 22.0 Å². The standard InChI is InChI=1S/C16H18BrN3O/c1-11-10-13(17)6-7-14(11)20-16(21)8-9-18-15-5-3-4-12(2)19-15/h3-7,10H,8-9H2,1-2H3,(H,18,19)(H,20,21). The summed E-state index contributed by atoms with van der Waals surface area (Å²) in [6, 6.07) is 11.6. The second-order valence-electron chi connectivity index (χ2n) is 4.85. The average Bonchev–Trinajstić information content (AvgIpc) is 2.42. The lowest BCUT2D eigenvalue weighted by molar-refractivity contribution is -0.115. The Kier molecular flexibility index (Phi) is 5.33. The zero-order valence-electron chi connectivity index (χ0n) is 12.1. The summed E-state index contributed by atoms with van der Waals surface area (Å²) >= 11 is 3.41. The van der Waals surface area contributed by atoms with Gasteiger partial charge in [-0.15, -0.1) is 0 Å². The SMILES string of the molecule is Cc1cccc(NCCC(=O)Nc2ccc(Br)cc2C)n1. The van der Waals surface area contributed by atoms with Gasteiger partial charge in [-0.2, -0.15) is 0 Å². The quantitative estimate of drug-likeness (QED) is 0.862. The summed E-state index contributed by atoms with van der Waals surface area (Å²) in [6.07, 6.45) is 0.394. The molecule has 1 heterocycles. The molecule has 0 radical (unpaired) electrons. The van der Waals surface area contributed by atoms with Crippen molar-refractivity contribution >= 4 is 33.3 Å². The number of nitrogens with one attached hydrogen (secondary N) is 2. The van der Waals surface area contributed by atoms with Crippen LogP contribution in [0.1, 0.15) is 17.7 Å². The topological polar surface area (TPSA) is 54.0 Å². The largest absolute Gasteiger partial charge is 0.370 e. The lowest BCUT2D eigenvalue weighted by atomic mass is 10.2. The van der Waals surface area contributed by atoms with Gasteiger partial charge in [0.05, 0.1) is 0 Å². The maximum atomic E-state index is 11.9. The van der Waals surface area contributed by atoms with E-state index >= 15 is 0 Å². The fraction of sp³-hybridized carbons (Fsp3) is 0.250. The third-order valence-corrected chi connectivity index (χ3v) is 3.50. The summed E-state index contributed by atoms with van der Waals surface area (Å²) in [5, 5.41) is 6.06. The molecule has 0 saturated carbocycles. The summed E-state index contributed by atoms with van der Waals surface area (Å²) in [7, 11) is 0. The van der Waals surface area contributed by atoms with E-state index < -0.39 is 0 Å². The predicted molar refractivity (Wildman–Crippen MR) is 89.6 cm³/mol. The number of pyridine rings is 1. The number of aryl methyl sites for hydroxylation is 2. The molecule has 0 aliphatic rings. The molecule has 1 amide bonds. The van der Waals surface area contributed by atoms with Crippen molar-refractivity contribution in [1.82, 2.24) is 4.98 Å². The van der Waals surface area contributed by atoms with Crippen molar-refractivity contribution in [2.45, 2.75) is 20.3 Å². The van der Waals surface area contributed by atoms with Crippen LogP contribution in [0.2, 0.25) is 0 Å². The van der Waals surface area contributed by atoms with Crippen LogP contribution in [0.25, 0.3) is 0 Å². The van der Waals surface area contributed by atoms with Crippen LogP contribution >= 0.6 is 15.9 Å². The Balaban J connectivity index is 1.82. The van der Waals surface area contributed by atoms with Gasteiger partial charge in [-0.3, -0.25) is 4.79 Å². The number of benzene rings is 1. The van der Waals surface area contributed by atoms with Crippen molar-refractivity contribution in [3.8, 4) is 0 Å². The summed E-state index contributed by atoms with van der Waals surface area (Å²) in [5.41, 5.74) is 2.83. The number of carbonyl (C=O) groups excluding carboxylic acids is 1. The van der Waals surface area contributed by atoms with E-state index in [9.17, 15) is 4.79 Å². The summed E-state index contributed by atoms with van der Waals surface area (Å²) in [4.78, 5) is 16.3. The Labute approximate surface area is 133 Å². The number of hydrogen-bond acceptors (Lipinski definition) is 3. The second-order valence-corrected chi connectivity index (χ2v) is 5.76. The minimum absolute atomic E-state index is 0.0134. The number of amides is 1. The molecule has 1 aromatic carbocycles. The normalized spacial score (nSPS) is 10.2. The first-order chi connectivity index (χ1) is 10.0. The highest BCUT2D eigenvalue weighted by Gasteiger charge is 2.05. The summed E-state index contributed by atoms with van der Waals surface area (Å²) in [5.74, 6) is 0.781. The first-order valence-electron chi connectivity index (χ1n) is 6.78. The highest BCUT2D eigenvalue weighted by atomic mass is 79.9. The van der Waals surface area contributed by atoms with E-state index in [-0.39, 0.29) is 5.91 Å². The van der Waals surface area contributed by atoms with E-state index in [1.165, 1.54) is 0 Å². The summed E-state index contributed by atoms with van der Waals surface area (Å²) < 4.78 is 1.00. The molecular weight excluding hydrogens is 330 g/mol. The van der Waals surface area contributed by atoms with Gasteiger partial charge in [-0.05, 0) is 49.7 Å². The number of nitrogens with zero attached hydrogens (tertiary/aromatic N) is 1. The minimum atomic E-state index is -0.0134. The van der Waals surface area contributed by atoms with Crippen molar-refractivity contribution in [1.29, 1.82) is 0 Å². The minimum Gasteiger partial charge on any atom is -0.370 e. The average molecular weight is 348 g/mol. The smallest absolute Gasteiger partial charge is 0.226 e.